The lowest BCUT2D eigenvalue weighted by molar-refractivity contribution is 0.0691. The largest absolute Gasteiger partial charge is 0.478 e. The van der Waals surface area contributed by atoms with E-state index in [0.29, 0.717) is 18.5 Å². The van der Waals surface area contributed by atoms with Crippen molar-refractivity contribution >= 4 is 12.1 Å². The third kappa shape index (κ3) is 2.06. The number of fused-ring (bicyclic) bond motifs is 1. The molecule has 0 unspecified atom stereocenters. The highest BCUT2D eigenvalue weighted by Crippen LogP contribution is 2.21. The first kappa shape index (κ1) is 11.4. The number of pyridine rings is 1. The molecule has 0 fully saturated rings. The fraction of sp³-hybridized carbons (Fsp3) is 0.364. The van der Waals surface area contributed by atoms with E-state index in [2.05, 4.69) is 9.72 Å². The minimum absolute atomic E-state index is 0.198. The average molecular weight is 236 g/mol. The van der Waals surface area contributed by atoms with Crippen LogP contribution in [-0.4, -0.2) is 40.7 Å². The Kier molecular flexibility index (Phi) is 2.95. The standard InChI is InChI=1S/C11H12N2O4/c1-17-11(16)13-5-3-9-8(6-13)7(10(14)15)2-4-12-9/h2,4H,3,5-6H2,1H3,(H,14,15). The zero-order valence-corrected chi connectivity index (χ0v) is 9.34. The topological polar surface area (TPSA) is 79.7 Å². The molecule has 2 heterocycles. The molecule has 1 aromatic heterocycles. The van der Waals surface area contributed by atoms with Crippen molar-refractivity contribution in [3.8, 4) is 0 Å². The summed E-state index contributed by atoms with van der Waals surface area (Å²) >= 11 is 0. The van der Waals surface area contributed by atoms with Gasteiger partial charge in [0.15, 0.2) is 0 Å². The fourth-order valence-corrected chi connectivity index (χ4v) is 1.92. The number of amides is 1. The van der Waals surface area contributed by atoms with Gasteiger partial charge in [-0.3, -0.25) is 4.98 Å². The van der Waals surface area contributed by atoms with Gasteiger partial charge in [-0.15, -0.1) is 0 Å². The third-order valence-corrected chi connectivity index (χ3v) is 2.78. The number of aromatic nitrogens is 1. The Morgan fingerprint density at radius 3 is 2.94 bits per heavy atom. The van der Waals surface area contributed by atoms with Crippen molar-refractivity contribution < 1.29 is 19.4 Å². The Labute approximate surface area is 97.8 Å². The molecule has 1 aliphatic rings. The highest BCUT2D eigenvalue weighted by molar-refractivity contribution is 5.89. The second-order valence-corrected chi connectivity index (χ2v) is 3.73. The van der Waals surface area contributed by atoms with Gasteiger partial charge in [-0.2, -0.15) is 0 Å². The van der Waals surface area contributed by atoms with Crippen molar-refractivity contribution in [2.24, 2.45) is 0 Å². The molecule has 0 aromatic carbocycles. The number of hydrogen-bond donors (Lipinski definition) is 1. The van der Waals surface area contributed by atoms with E-state index in [1.54, 1.807) is 0 Å². The number of nitrogens with zero attached hydrogens (tertiary/aromatic N) is 2. The number of ether oxygens (including phenoxy) is 1. The predicted molar refractivity (Wildman–Crippen MR) is 57.7 cm³/mol. The highest BCUT2D eigenvalue weighted by atomic mass is 16.5. The zero-order valence-electron chi connectivity index (χ0n) is 9.34. The van der Waals surface area contributed by atoms with Gasteiger partial charge in [-0.1, -0.05) is 0 Å². The molecule has 6 nitrogen and oxygen atoms in total. The van der Waals surface area contributed by atoms with Crippen molar-refractivity contribution in [1.29, 1.82) is 0 Å². The van der Waals surface area contributed by atoms with E-state index in [-0.39, 0.29) is 12.1 Å². The molecule has 2 rings (SSSR count). The molecular weight excluding hydrogens is 224 g/mol. The van der Waals surface area contributed by atoms with Crippen LogP contribution in [0.1, 0.15) is 21.6 Å². The first-order valence-electron chi connectivity index (χ1n) is 5.16. The first-order chi connectivity index (χ1) is 8.13. The molecule has 0 atom stereocenters. The van der Waals surface area contributed by atoms with Crippen LogP contribution in [0.25, 0.3) is 0 Å². The van der Waals surface area contributed by atoms with Crippen molar-refractivity contribution in [3.63, 3.8) is 0 Å². The number of rotatable bonds is 1. The van der Waals surface area contributed by atoms with E-state index >= 15 is 0 Å². The maximum Gasteiger partial charge on any atom is 0.409 e. The van der Waals surface area contributed by atoms with E-state index in [1.807, 2.05) is 0 Å². The van der Waals surface area contributed by atoms with Crippen LogP contribution in [0.3, 0.4) is 0 Å². The van der Waals surface area contributed by atoms with E-state index in [1.165, 1.54) is 24.3 Å². The van der Waals surface area contributed by atoms with Crippen LogP contribution >= 0.6 is 0 Å². The number of hydrogen-bond acceptors (Lipinski definition) is 4. The van der Waals surface area contributed by atoms with Crippen LogP contribution < -0.4 is 0 Å². The molecule has 6 heteroatoms. The summed E-state index contributed by atoms with van der Waals surface area (Å²) < 4.78 is 4.62. The minimum atomic E-state index is -1.00. The molecule has 1 amide bonds. The summed E-state index contributed by atoms with van der Waals surface area (Å²) in [6, 6.07) is 1.45. The SMILES string of the molecule is COC(=O)N1CCc2nccc(C(=O)O)c2C1. The Bertz CT molecular complexity index is 473. The summed E-state index contributed by atoms with van der Waals surface area (Å²) in [5.41, 5.74) is 1.53. The minimum Gasteiger partial charge on any atom is -0.478 e. The number of methoxy groups -OCH3 is 1. The summed E-state index contributed by atoms with van der Waals surface area (Å²) in [5.74, 6) is -1.00. The molecule has 0 bridgehead atoms. The monoisotopic (exact) mass is 236 g/mol. The van der Waals surface area contributed by atoms with Gasteiger partial charge in [0.05, 0.1) is 19.2 Å². The van der Waals surface area contributed by atoms with Gasteiger partial charge in [-0.05, 0) is 6.07 Å². The summed E-state index contributed by atoms with van der Waals surface area (Å²) in [6.45, 7) is 0.729. The van der Waals surface area contributed by atoms with Crippen LogP contribution in [0.4, 0.5) is 4.79 Å². The van der Waals surface area contributed by atoms with Crippen LogP contribution in [0.15, 0.2) is 12.3 Å². The highest BCUT2D eigenvalue weighted by Gasteiger charge is 2.25. The summed E-state index contributed by atoms with van der Waals surface area (Å²) in [6.07, 6.45) is 1.58. The van der Waals surface area contributed by atoms with Crippen LogP contribution in [0.5, 0.6) is 0 Å². The van der Waals surface area contributed by atoms with E-state index in [4.69, 9.17) is 5.11 Å². The Balaban J connectivity index is 2.35. The lowest BCUT2D eigenvalue weighted by Crippen LogP contribution is -2.37. The normalized spacial score (nSPS) is 14.1. The maximum absolute atomic E-state index is 11.4. The van der Waals surface area contributed by atoms with E-state index in [0.717, 1.165) is 5.69 Å². The van der Waals surface area contributed by atoms with Crippen molar-refractivity contribution in [3.05, 3.63) is 29.1 Å². The molecule has 0 aliphatic carbocycles. The summed E-state index contributed by atoms with van der Waals surface area (Å²) in [7, 11) is 1.30. The smallest absolute Gasteiger partial charge is 0.409 e. The van der Waals surface area contributed by atoms with E-state index in [9.17, 15) is 9.59 Å². The van der Waals surface area contributed by atoms with Gasteiger partial charge in [0.25, 0.3) is 0 Å². The van der Waals surface area contributed by atoms with Crippen molar-refractivity contribution in [2.75, 3.05) is 13.7 Å². The Hall–Kier alpha value is -2.11. The lowest BCUT2D eigenvalue weighted by Gasteiger charge is -2.27. The lowest BCUT2D eigenvalue weighted by atomic mass is 10.0. The van der Waals surface area contributed by atoms with Gasteiger partial charge in [0.1, 0.15) is 0 Å². The number of carbonyl (C=O) groups is 2. The summed E-state index contributed by atoms with van der Waals surface area (Å²) in [4.78, 5) is 28.1. The number of carboxylic acids is 1. The fourth-order valence-electron chi connectivity index (χ4n) is 1.92. The zero-order chi connectivity index (χ0) is 12.4. The molecular formula is C11H12N2O4. The van der Waals surface area contributed by atoms with Crippen LogP contribution in [-0.2, 0) is 17.7 Å². The molecule has 90 valence electrons. The number of aromatic carboxylic acids is 1. The molecule has 1 aliphatic heterocycles. The first-order valence-corrected chi connectivity index (χ1v) is 5.16. The van der Waals surface area contributed by atoms with Gasteiger partial charge >= 0.3 is 12.1 Å². The van der Waals surface area contributed by atoms with Crippen LogP contribution in [0.2, 0.25) is 0 Å². The average Bonchev–Trinajstić information content (AvgIpc) is 2.36. The number of carboxylic acid groups (broad SMARTS) is 1. The molecule has 1 N–H and O–H groups in total. The van der Waals surface area contributed by atoms with Crippen molar-refractivity contribution in [1.82, 2.24) is 9.88 Å². The molecule has 0 radical (unpaired) electrons. The molecule has 0 saturated heterocycles. The second-order valence-electron chi connectivity index (χ2n) is 3.73. The molecule has 0 saturated carbocycles. The molecule has 1 aromatic rings. The van der Waals surface area contributed by atoms with Gasteiger partial charge in [-0.25, -0.2) is 9.59 Å². The summed E-state index contributed by atoms with van der Waals surface area (Å²) in [5, 5.41) is 9.06. The molecule has 17 heavy (non-hydrogen) atoms. The number of carbonyl (C=O) groups excluding carboxylic acids is 1. The predicted octanol–water partition coefficient (Wildman–Crippen LogP) is 0.904. The van der Waals surface area contributed by atoms with Gasteiger partial charge in [0, 0.05) is 30.4 Å². The van der Waals surface area contributed by atoms with Gasteiger partial charge in [0.2, 0.25) is 0 Å². The molecule has 0 spiro atoms. The maximum atomic E-state index is 11.4. The van der Waals surface area contributed by atoms with Crippen molar-refractivity contribution in [2.45, 2.75) is 13.0 Å². The Morgan fingerprint density at radius 2 is 2.29 bits per heavy atom. The Morgan fingerprint density at radius 1 is 1.53 bits per heavy atom. The van der Waals surface area contributed by atoms with E-state index < -0.39 is 12.1 Å². The van der Waals surface area contributed by atoms with Gasteiger partial charge < -0.3 is 14.7 Å². The van der Waals surface area contributed by atoms with Crippen LogP contribution in [0, 0.1) is 0 Å². The third-order valence-electron chi connectivity index (χ3n) is 2.78. The quantitative estimate of drug-likeness (QED) is 0.783. The second kappa shape index (κ2) is 4.40.